The van der Waals surface area contributed by atoms with Crippen LogP contribution in [0.3, 0.4) is 0 Å². The van der Waals surface area contributed by atoms with E-state index in [9.17, 15) is 10.2 Å². The van der Waals surface area contributed by atoms with Gasteiger partial charge in [0.1, 0.15) is 0 Å². The van der Waals surface area contributed by atoms with Gasteiger partial charge in [0.15, 0.2) is 0 Å². The third-order valence-electron chi connectivity index (χ3n) is 7.14. The van der Waals surface area contributed by atoms with Crippen molar-refractivity contribution in [3.63, 3.8) is 0 Å². The van der Waals surface area contributed by atoms with Crippen molar-refractivity contribution < 1.29 is 10.2 Å². The topological polar surface area (TPSA) is 40.5 Å². The highest BCUT2D eigenvalue weighted by Crippen LogP contribution is 2.59. The van der Waals surface area contributed by atoms with Crippen molar-refractivity contribution in [2.24, 2.45) is 23.2 Å². The van der Waals surface area contributed by atoms with Gasteiger partial charge in [-0.25, -0.2) is 0 Å². The fraction of sp³-hybridized carbons (Fsp3) is 0.727. The predicted molar refractivity (Wildman–Crippen MR) is 99.6 cm³/mol. The number of allylic oxidation sites excluding steroid dienone is 3. The maximum Gasteiger partial charge on any atom is 0.0809 e. The van der Waals surface area contributed by atoms with Gasteiger partial charge in [-0.3, -0.25) is 0 Å². The maximum atomic E-state index is 10.0. The van der Waals surface area contributed by atoms with Crippen LogP contribution in [0.15, 0.2) is 35.5 Å². The van der Waals surface area contributed by atoms with Gasteiger partial charge in [0, 0.05) is 0 Å². The molecule has 4 unspecified atom stereocenters. The summed E-state index contributed by atoms with van der Waals surface area (Å²) in [6.45, 7) is 11.1. The third kappa shape index (κ3) is 3.15. The molecule has 0 aromatic heterocycles. The Kier molecular flexibility index (Phi) is 5.09. The van der Waals surface area contributed by atoms with E-state index >= 15 is 0 Å². The molecular formula is C22H34O2. The fourth-order valence-corrected chi connectivity index (χ4v) is 5.80. The molecule has 0 amide bonds. The van der Waals surface area contributed by atoms with Crippen molar-refractivity contribution in [3.8, 4) is 0 Å². The van der Waals surface area contributed by atoms with Gasteiger partial charge in [-0.1, -0.05) is 50.6 Å². The molecule has 0 saturated heterocycles. The highest BCUT2D eigenvalue weighted by Gasteiger charge is 2.49. The fourth-order valence-electron chi connectivity index (χ4n) is 5.80. The van der Waals surface area contributed by atoms with Crippen molar-refractivity contribution in [2.75, 3.05) is 0 Å². The first-order valence-corrected chi connectivity index (χ1v) is 9.76. The van der Waals surface area contributed by atoms with E-state index in [1.54, 1.807) is 5.57 Å². The Morgan fingerprint density at radius 3 is 2.42 bits per heavy atom. The van der Waals surface area contributed by atoms with E-state index < -0.39 is 12.2 Å². The van der Waals surface area contributed by atoms with Crippen molar-refractivity contribution in [1.82, 2.24) is 0 Å². The number of rotatable bonds is 2. The molecule has 0 aliphatic heterocycles. The standard InChI is InChI=1S/C22H34O2/c1-14(2)18-9-10-19-17(6-5-11-22(18,19)4)8-7-16-12-20(23)15(3)21(24)13-16/h7-8,14,18-21,23-24H,3,5-6,9-13H2,1-2,4H3/b16-7-,17-8+/t18?,19?,20-,21?,22?/m1/s1. The summed E-state index contributed by atoms with van der Waals surface area (Å²) in [7, 11) is 0. The van der Waals surface area contributed by atoms with E-state index in [4.69, 9.17) is 0 Å². The molecule has 134 valence electrons. The van der Waals surface area contributed by atoms with Crippen LogP contribution < -0.4 is 0 Å². The largest absolute Gasteiger partial charge is 0.388 e. The first-order valence-electron chi connectivity index (χ1n) is 9.76. The Bertz CT molecular complexity index is 540. The average Bonchev–Trinajstić information content (AvgIpc) is 2.88. The van der Waals surface area contributed by atoms with Crippen LogP contribution in [0.1, 0.15) is 65.7 Å². The van der Waals surface area contributed by atoms with Crippen LogP contribution in [0, 0.1) is 23.2 Å². The van der Waals surface area contributed by atoms with Crippen LogP contribution in [0.4, 0.5) is 0 Å². The maximum absolute atomic E-state index is 10.0. The molecule has 3 fully saturated rings. The summed E-state index contributed by atoms with van der Waals surface area (Å²) in [5.74, 6) is 2.34. The summed E-state index contributed by atoms with van der Waals surface area (Å²) >= 11 is 0. The summed E-state index contributed by atoms with van der Waals surface area (Å²) < 4.78 is 0. The Balaban J connectivity index is 1.78. The number of hydrogen-bond acceptors (Lipinski definition) is 2. The SMILES string of the molecule is C=C1C(O)C/C(=C\C=C2/CCCC3(C)C2CCC3C(C)C)C[C@H]1O. The lowest BCUT2D eigenvalue weighted by Crippen LogP contribution is -2.35. The van der Waals surface area contributed by atoms with Crippen molar-refractivity contribution >= 4 is 0 Å². The second-order valence-electron chi connectivity index (χ2n) is 8.92. The normalized spacial score (nSPS) is 43.7. The van der Waals surface area contributed by atoms with Crippen molar-refractivity contribution in [2.45, 2.75) is 77.9 Å². The zero-order valence-corrected chi connectivity index (χ0v) is 15.6. The minimum Gasteiger partial charge on any atom is -0.388 e. The lowest BCUT2D eigenvalue weighted by Gasteiger charge is -2.43. The van der Waals surface area contributed by atoms with Gasteiger partial charge in [0.25, 0.3) is 0 Å². The molecule has 0 aromatic carbocycles. The molecular weight excluding hydrogens is 296 g/mol. The molecule has 2 N–H and O–H groups in total. The summed E-state index contributed by atoms with van der Waals surface area (Å²) in [5.41, 5.74) is 3.80. The molecule has 5 atom stereocenters. The summed E-state index contributed by atoms with van der Waals surface area (Å²) in [5, 5.41) is 20.0. The predicted octanol–water partition coefficient (Wildman–Crippen LogP) is 4.78. The third-order valence-corrected chi connectivity index (χ3v) is 7.14. The zero-order valence-electron chi connectivity index (χ0n) is 15.6. The first-order chi connectivity index (χ1) is 11.3. The van der Waals surface area contributed by atoms with Gasteiger partial charge in [-0.05, 0) is 73.7 Å². The van der Waals surface area contributed by atoms with Gasteiger partial charge >= 0.3 is 0 Å². The molecule has 0 bridgehead atoms. The molecule has 3 rings (SSSR count). The van der Waals surface area contributed by atoms with E-state index in [2.05, 4.69) is 39.5 Å². The van der Waals surface area contributed by atoms with E-state index in [-0.39, 0.29) is 0 Å². The molecule has 24 heavy (non-hydrogen) atoms. The monoisotopic (exact) mass is 330 g/mol. The molecule has 0 spiro atoms. The Morgan fingerprint density at radius 1 is 1.12 bits per heavy atom. The van der Waals surface area contributed by atoms with Gasteiger partial charge < -0.3 is 10.2 Å². The number of aliphatic hydroxyl groups is 2. The van der Waals surface area contributed by atoms with Gasteiger partial charge in [0.05, 0.1) is 12.2 Å². The highest BCUT2D eigenvalue weighted by molar-refractivity contribution is 5.29. The Hall–Kier alpha value is -0.860. The first kappa shape index (κ1) is 17.9. The molecule has 0 aromatic rings. The van der Waals surface area contributed by atoms with Gasteiger partial charge in [0.2, 0.25) is 0 Å². The van der Waals surface area contributed by atoms with Crippen molar-refractivity contribution in [3.05, 3.63) is 35.5 Å². The molecule has 3 aliphatic carbocycles. The zero-order chi connectivity index (χ0) is 17.5. The average molecular weight is 331 g/mol. The second-order valence-corrected chi connectivity index (χ2v) is 8.92. The summed E-state index contributed by atoms with van der Waals surface area (Å²) in [6, 6.07) is 0. The van der Waals surface area contributed by atoms with Crippen LogP contribution in [0.25, 0.3) is 0 Å². The minimum absolute atomic E-state index is 0.469. The quantitative estimate of drug-likeness (QED) is 0.715. The molecule has 3 saturated carbocycles. The second kappa shape index (κ2) is 6.80. The highest BCUT2D eigenvalue weighted by atomic mass is 16.3. The van der Waals surface area contributed by atoms with Crippen LogP contribution >= 0.6 is 0 Å². The van der Waals surface area contributed by atoms with E-state index in [1.807, 2.05) is 0 Å². The molecule has 0 heterocycles. The minimum atomic E-state index is -0.591. The smallest absolute Gasteiger partial charge is 0.0809 e. The van der Waals surface area contributed by atoms with Gasteiger partial charge in [-0.2, -0.15) is 0 Å². The van der Waals surface area contributed by atoms with E-state index in [0.29, 0.717) is 23.8 Å². The van der Waals surface area contributed by atoms with Crippen LogP contribution in [0.5, 0.6) is 0 Å². The number of fused-ring (bicyclic) bond motifs is 1. The van der Waals surface area contributed by atoms with E-state index in [0.717, 1.165) is 23.3 Å². The van der Waals surface area contributed by atoms with Crippen molar-refractivity contribution in [1.29, 1.82) is 0 Å². The summed E-state index contributed by atoms with van der Waals surface area (Å²) in [4.78, 5) is 0. The molecule has 2 nitrogen and oxygen atoms in total. The Morgan fingerprint density at radius 2 is 1.79 bits per heavy atom. The summed E-state index contributed by atoms with van der Waals surface area (Å²) in [6.07, 6.45) is 11.1. The lowest BCUT2D eigenvalue weighted by molar-refractivity contribution is 0.104. The van der Waals surface area contributed by atoms with Crippen LogP contribution in [-0.2, 0) is 0 Å². The molecule has 3 aliphatic rings. The van der Waals surface area contributed by atoms with E-state index in [1.165, 1.54) is 32.1 Å². The van der Waals surface area contributed by atoms with Crippen LogP contribution in [-0.4, -0.2) is 22.4 Å². The van der Waals surface area contributed by atoms with Crippen LogP contribution in [0.2, 0.25) is 0 Å². The number of aliphatic hydroxyl groups excluding tert-OH is 2. The number of hydrogen-bond donors (Lipinski definition) is 2. The molecule has 0 radical (unpaired) electrons. The lowest BCUT2D eigenvalue weighted by atomic mass is 9.61. The molecule has 2 heteroatoms. The van der Waals surface area contributed by atoms with Gasteiger partial charge in [-0.15, -0.1) is 0 Å². The Labute approximate surface area is 147 Å².